The van der Waals surface area contributed by atoms with Crippen molar-refractivity contribution in [3.63, 3.8) is 0 Å². The van der Waals surface area contributed by atoms with Crippen LogP contribution in [0.1, 0.15) is 18.0 Å². The van der Waals surface area contributed by atoms with Crippen molar-refractivity contribution in [3.05, 3.63) is 28.2 Å². The van der Waals surface area contributed by atoms with Gasteiger partial charge in [0.15, 0.2) is 29.4 Å². The summed E-state index contributed by atoms with van der Waals surface area (Å²) in [4.78, 5) is 27.9. The highest BCUT2D eigenvalue weighted by molar-refractivity contribution is 7.07. The van der Waals surface area contributed by atoms with E-state index in [0.29, 0.717) is 0 Å². The lowest BCUT2D eigenvalue weighted by Gasteiger charge is -2.26. The standard InChI is InChI=1S/C17H16ClN7O6S/c1-2-17(28)8(3-30-10(14(27)24-29)7-4-32-6-21-7)31-15(11(17)26)25-5-20-9-12(19)22-16(18)23-13(9)25/h1,4-6,8,10-11,15,26,28-29H,3H2,(H,24,27)(H2,19,22,23)/t8-,10+,11+,15-,17-/m1/s1. The smallest absolute Gasteiger partial charge is 0.278 e. The van der Waals surface area contributed by atoms with Crippen LogP contribution in [-0.4, -0.2) is 70.2 Å². The lowest BCUT2D eigenvalue weighted by atomic mass is 9.93. The lowest BCUT2D eigenvalue weighted by Crippen LogP contribution is -2.48. The van der Waals surface area contributed by atoms with E-state index in [1.807, 2.05) is 0 Å². The van der Waals surface area contributed by atoms with Gasteiger partial charge in [0.1, 0.15) is 17.7 Å². The van der Waals surface area contributed by atoms with Gasteiger partial charge in [-0.1, -0.05) is 5.92 Å². The summed E-state index contributed by atoms with van der Waals surface area (Å²) in [6, 6.07) is 0. The Balaban J connectivity index is 1.62. The van der Waals surface area contributed by atoms with E-state index in [1.165, 1.54) is 33.2 Å². The first-order valence-corrected chi connectivity index (χ1v) is 10.2. The first-order valence-electron chi connectivity index (χ1n) is 8.93. The van der Waals surface area contributed by atoms with E-state index in [9.17, 15) is 15.0 Å². The number of aromatic nitrogens is 5. The van der Waals surface area contributed by atoms with Gasteiger partial charge in [-0.3, -0.25) is 14.6 Å². The summed E-state index contributed by atoms with van der Waals surface area (Å²) in [7, 11) is 0. The molecule has 1 amide bonds. The number of fused-ring (bicyclic) bond motifs is 1. The maximum atomic E-state index is 12.0. The van der Waals surface area contributed by atoms with Crippen molar-refractivity contribution >= 4 is 45.8 Å². The quantitative estimate of drug-likeness (QED) is 0.131. The van der Waals surface area contributed by atoms with Crippen LogP contribution in [0.2, 0.25) is 5.28 Å². The van der Waals surface area contributed by atoms with E-state index < -0.39 is 42.7 Å². The summed E-state index contributed by atoms with van der Waals surface area (Å²) in [5.74, 6) is 1.25. The Bertz CT molecular complexity index is 1180. The average Bonchev–Trinajstić information content (AvgIpc) is 3.49. The number of ether oxygens (including phenoxy) is 2. The number of aliphatic hydroxyl groups excluding tert-OH is 1. The molecule has 168 valence electrons. The molecule has 1 saturated heterocycles. The molecule has 0 spiro atoms. The number of amides is 1. The van der Waals surface area contributed by atoms with Crippen LogP contribution in [0.4, 0.5) is 5.82 Å². The van der Waals surface area contributed by atoms with Gasteiger partial charge in [-0.05, 0) is 11.6 Å². The number of nitrogen functional groups attached to an aromatic ring is 1. The number of hydrogen-bond donors (Lipinski definition) is 5. The van der Waals surface area contributed by atoms with Gasteiger partial charge >= 0.3 is 0 Å². The third-order valence-corrected chi connectivity index (χ3v) is 5.70. The highest BCUT2D eigenvalue weighted by Crippen LogP contribution is 2.39. The first kappa shape index (κ1) is 22.3. The SMILES string of the molecule is C#C[C@@]1(O)[C@@H](CO[C@H](C(=O)NO)c2cscn2)O[C@@H](n2cnc3c(N)nc(Cl)nc32)[C@@H]1O. The molecule has 5 atom stereocenters. The molecule has 32 heavy (non-hydrogen) atoms. The number of terminal acetylenes is 1. The molecule has 0 radical (unpaired) electrons. The predicted octanol–water partition coefficient (Wildman–Crippen LogP) is -0.596. The van der Waals surface area contributed by atoms with Gasteiger partial charge in [0, 0.05) is 5.38 Å². The Morgan fingerprint density at radius 2 is 2.31 bits per heavy atom. The normalized spacial score (nSPS) is 26.2. The van der Waals surface area contributed by atoms with Crippen molar-refractivity contribution in [1.82, 2.24) is 30.0 Å². The number of rotatable bonds is 6. The topological polar surface area (TPSA) is 191 Å². The number of aliphatic hydroxyl groups is 2. The molecule has 0 unspecified atom stereocenters. The molecule has 0 saturated carbocycles. The monoisotopic (exact) mass is 481 g/mol. The maximum Gasteiger partial charge on any atom is 0.278 e. The summed E-state index contributed by atoms with van der Waals surface area (Å²) < 4.78 is 12.6. The number of carbonyl (C=O) groups is 1. The minimum absolute atomic E-state index is 0.0134. The number of nitrogens with one attached hydrogen (secondary N) is 1. The first-order chi connectivity index (χ1) is 15.3. The van der Waals surface area contributed by atoms with Crippen LogP contribution >= 0.6 is 22.9 Å². The Morgan fingerprint density at radius 1 is 1.53 bits per heavy atom. The highest BCUT2D eigenvalue weighted by atomic mass is 35.5. The summed E-state index contributed by atoms with van der Waals surface area (Å²) >= 11 is 7.08. The second-order valence-corrected chi connectivity index (χ2v) is 7.79. The minimum Gasteiger partial charge on any atom is -0.384 e. The van der Waals surface area contributed by atoms with Crippen LogP contribution in [0.25, 0.3) is 11.2 Å². The number of imidazole rings is 1. The molecule has 0 aliphatic carbocycles. The van der Waals surface area contributed by atoms with Gasteiger partial charge in [-0.15, -0.1) is 17.8 Å². The number of anilines is 1. The van der Waals surface area contributed by atoms with E-state index in [1.54, 1.807) is 5.38 Å². The zero-order chi connectivity index (χ0) is 23.0. The number of nitrogens with two attached hydrogens (primary N) is 1. The van der Waals surface area contributed by atoms with E-state index >= 15 is 0 Å². The molecule has 0 bridgehead atoms. The summed E-state index contributed by atoms with van der Waals surface area (Å²) in [5.41, 5.74) is 7.14. The lowest BCUT2D eigenvalue weighted by molar-refractivity contribution is -0.148. The molecule has 0 aromatic carbocycles. The Kier molecular flexibility index (Phi) is 5.97. The summed E-state index contributed by atoms with van der Waals surface area (Å²) in [6.07, 6.45) is 1.29. The average molecular weight is 482 g/mol. The molecule has 15 heteroatoms. The van der Waals surface area contributed by atoms with E-state index in [2.05, 4.69) is 25.9 Å². The number of halogens is 1. The van der Waals surface area contributed by atoms with E-state index in [4.69, 9.17) is 38.4 Å². The predicted molar refractivity (Wildman–Crippen MR) is 109 cm³/mol. The third-order valence-electron chi connectivity index (χ3n) is 4.92. The number of hydrogen-bond acceptors (Lipinski definition) is 12. The second kappa shape index (κ2) is 8.56. The van der Waals surface area contributed by atoms with Crippen molar-refractivity contribution in [2.45, 2.75) is 30.1 Å². The van der Waals surface area contributed by atoms with Crippen LogP contribution in [0.15, 0.2) is 17.2 Å². The molecule has 4 heterocycles. The Morgan fingerprint density at radius 3 is 2.97 bits per heavy atom. The van der Waals surface area contributed by atoms with Crippen molar-refractivity contribution in [1.29, 1.82) is 0 Å². The molecule has 1 aliphatic heterocycles. The second-order valence-electron chi connectivity index (χ2n) is 6.73. The Hall–Kier alpha value is -2.90. The zero-order valence-electron chi connectivity index (χ0n) is 16.0. The van der Waals surface area contributed by atoms with Crippen LogP contribution in [0, 0.1) is 12.3 Å². The number of nitrogens with zero attached hydrogens (tertiary/aromatic N) is 5. The van der Waals surface area contributed by atoms with Gasteiger partial charge in [-0.2, -0.15) is 9.97 Å². The molecule has 13 nitrogen and oxygen atoms in total. The maximum absolute atomic E-state index is 12.0. The molecular weight excluding hydrogens is 466 g/mol. The minimum atomic E-state index is -2.20. The molecule has 1 fully saturated rings. The van der Waals surface area contributed by atoms with Gasteiger partial charge in [0.2, 0.25) is 5.28 Å². The number of thiazole rings is 1. The molecule has 4 rings (SSSR count). The summed E-state index contributed by atoms with van der Waals surface area (Å²) in [5, 5.41) is 32.1. The van der Waals surface area contributed by atoms with Crippen molar-refractivity contribution in [3.8, 4) is 12.3 Å². The van der Waals surface area contributed by atoms with Gasteiger partial charge in [0.25, 0.3) is 5.91 Å². The van der Waals surface area contributed by atoms with Gasteiger partial charge in [0.05, 0.1) is 24.1 Å². The molecule has 6 N–H and O–H groups in total. The van der Waals surface area contributed by atoms with Crippen LogP contribution in [0.3, 0.4) is 0 Å². The molecule has 3 aromatic rings. The summed E-state index contributed by atoms with van der Waals surface area (Å²) in [6.45, 7) is -0.436. The third kappa shape index (κ3) is 3.65. The number of hydroxylamine groups is 1. The van der Waals surface area contributed by atoms with Crippen molar-refractivity contribution in [2.75, 3.05) is 12.3 Å². The molecular formula is C17H16ClN7O6S. The Labute approximate surface area is 188 Å². The van der Waals surface area contributed by atoms with Gasteiger partial charge < -0.3 is 25.4 Å². The highest BCUT2D eigenvalue weighted by Gasteiger charge is 2.56. The van der Waals surface area contributed by atoms with Crippen LogP contribution in [-0.2, 0) is 14.3 Å². The van der Waals surface area contributed by atoms with E-state index in [-0.39, 0.29) is 28.0 Å². The van der Waals surface area contributed by atoms with Crippen LogP contribution < -0.4 is 11.2 Å². The number of carbonyl (C=O) groups excluding carboxylic acids is 1. The van der Waals surface area contributed by atoms with Crippen LogP contribution in [0.5, 0.6) is 0 Å². The fraction of sp³-hybridized carbons (Fsp3) is 0.353. The van der Waals surface area contributed by atoms with Crippen molar-refractivity contribution < 1.29 is 29.7 Å². The fourth-order valence-corrected chi connectivity index (χ4v) is 4.04. The van der Waals surface area contributed by atoms with Gasteiger partial charge in [-0.25, -0.2) is 15.4 Å². The van der Waals surface area contributed by atoms with Crippen molar-refractivity contribution in [2.24, 2.45) is 0 Å². The zero-order valence-corrected chi connectivity index (χ0v) is 17.6. The van der Waals surface area contributed by atoms with E-state index in [0.717, 1.165) is 0 Å². The largest absolute Gasteiger partial charge is 0.384 e. The molecule has 3 aromatic heterocycles. The fourth-order valence-electron chi connectivity index (χ4n) is 3.30. The molecule has 1 aliphatic rings.